The van der Waals surface area contributed by atoms with Gasteiger partial charge in [-0.1, -0.05) is 127 Å². The SMILES string of the molecule is CCCC1=CC(C(c2cccc(C)c2)(c2cccc(C)c2)c2cccc(C)c2)C=C1. The summed E-state index contributed by atoms with van der Waals surface area (Å²) < 4.78 is 0. The number of benzene rings is 3. The van der Waals surface area contributed by atoms with E-state index in [0.29, 0.717) is 0 Å². The van der Waals surface area contributed by atoms with Crippen molar-refractivity contribution in [1.29, 1.82) is 0 Å². The van der Waals surface area contributed by atoms with Gasteiger partial charge in [-0.25, -0.2) is 0 Å². The van der Waals surface area contributed by atoms with Gasteiger partial charge in [-0.3, -0.25) is 0 Å². The Labute approximate surface area is 182 Å². The van der Waals surface area contributed by atoms with Crippen LogP contribution in [0.4, 0.5) is 0 Å². The molecule has 0 aromatic heterocycles. The van der Waals surface area contributed by atoms with Crippen LogP contribution in [0.15, 0.2) is 96.6 Å². The van der Waals surface area contributed by atoms with Gasteiger partial charge in [0.25, 0.3) is 0 Å². The molecule has 0 radical (unpaired) electrons. The summed E-state index contributed by atoms with van der Waals surface area (Å²) in [6, 6.07) is 27.3. The predicted molar refractivity (Wildman–Crippen MR) is 129 cm³/mol. The summed E-state index contributed by atoms with van der Waals surface area (Å²) in [6.45, 7) is 8.85. The maximum Gasteiger partial charge on any atom is 0.0548 e. The molecule has 30 heavy (non-hydrogen) atoms. The molecule has 152 valence electrons. The third-order valence-corrected chi connectivity index (χ3v) is 6.37. The fraction of sp³-hybridized carbons (Fsp3) is 0.267. The van der Waals surface area contributed by atoms with E-state index in [2.05, 4.69) is 119 Å². The largest absolute Gasteiger partial charge is 0.0758 e. The second kappa shape index (κ2) is 8.48. The summed E-state index contributed by atoms with van der Waals surface area (Å²) in [5.74, 6) is 0.282. The van der Waals surface area contributed by atoms with Gasteiger partial charge in [-0.2, -0.15) is 0 Å². The third-order valence-electron chi connectivity index (χ3n) is 6.37. The smallest absolute Gasteiger partial charge is 0.0548 e. The highest BCUT2D eigenvalue weighted by atomic mass is 14.4. The van der Waals surface area contributed by atoms with Crippen molar-refractivity contribution in [3.8, 4) is 0 Å². The van der Waals surface area contributed by atoms with Crippen LogP contribution in [-0.4, -0.2) is 0 Å². The Balaban J connectivity index is 2.07. The molecule has 0 heterocycles. The minimum Gasteiger partial charge on any atom is -0.0758 e. The number of hydrogen-bond acceptors (Lipinski definition) is 0. The average molecular weight is 393 g/mol. The van der Waals surface area contributed by atoms with Gasteiger partial charge in [-0.15, -0.1) is 0 Å². The van der Waals surface area contributed by atoms with E-state index in [9.17, 15) is 0 Å². The maximum atomic E-state index is 2.51. The fourth-order valence-electron chi connectivity index (χ4n) is 5.04. The van der Waals surface area contributed by atoms with E-state index in [1.165, 1.54) is 45.4 Å². The van der Waals surface area contributed by atoms with Gasteiger partial charge in [0.05, 0.1) is 5.41 Å². The second-order valence-electron chi connectivity index (χ2n) is 8.79. The normalized spacial score (nSPS) is 16.0. The lowest BCUT2D eigenvalue weighted by Gasteiger charge is -2.40. The molecule has 0 nitrogen and oxygen atoms in total. The van der Waals surface area contributed by atoms with Gasteiger partial charge < -0.3 is 0 Å². The Bertz CT molecular complexity index is 985. The molecule has 0 heteroatoms. The van der Waals surface area contributed by atoms with Gasteiger partial charge >= 0.3 is 0 Å². The molecule has 1 aliphatic carbocycles. The van der Waals surface area contributed by atoms with Gasteiger partial charge in [-0.05, 0) is 43.9 Å². The number of allylic oxidation sites excluding steroid dienone is 4. The van der Waals surface area contributed by atoms with Crippen molar-refractivity contribution < 1.29 is 0 Å². The Kier molecular flexibility index (Phi) is 5.77. The molecule has 0 saturated carbocycles. The van der Waals surface area contributed by atoms with Gasteiger partial charge in [0.15, 0.2) is 0 Å². The first kappa shape index (κ1) is 20.4. The van der Waals surface area contributed by atoms with Crippen LogP contribution in [0, 0.1) is 26.7 Å². The van der Waals surface area contributed by atoms with Crippen molar-refractivity contribution in [3.63, 3.8) is 0 Å². The highest BCUT2D eigenvalue weighted by Crippen LogP contribution is 2.49. The molecule has 1 unspecified atom stereocenters. The molecular formula is C30H32. The third kappa shape index (κ3) is 3.67. The van der Waals surface area contributed by atoms with Crippen LogP contribution in [0.2, 0.25) is 0 Å². The molecule has 0 amide bonds. The van der Waals surface area contributed by atoms with Crippen molar-refractivity contribution in [2.45, 2.75) is 46.0 Å². The van der Waals surface area contributed by atoms with Crippen LogP contribution in [0.3, 0.4) is 0 Å². The highest BCUT2D eigenvalue weighted by Gasteiger charge is 2.43. The zero-order valence-corrected chi connectivity index (χ0v) is 18.7. The molecule has 0 aliphatic heterocycles. The van der Waals surface area contributed by atoms with Crippen molar-refractivity contribution in [1.82, 2.24) is 0 Å². The van der Waals surface area contributed by atoms with Crippen molar-refractivity contribution in [2.75, 3.05) is 0 Å². The van der Waals surface area contributed by atoms with E-state index in [1.54, 1.807) is 0 Å². The fourth-order valence-corrected chi connectivity index (χ4v) is 5.04. The molecule has 0 N–H and O–H groups in total. The Morgan fingerprint density at radius 3 is 1.57 bits per heavy atom. The molecule has 1 aliphatic rings. The molecule has 1 atom stereocenters. The summed E-state index contributed by atoms with van der Waals surface area (Å²) in [5, 5.41) is 0. The summed E-state index contributed by atoms with van der Waals surface area (Å²) >= 11 is 0. The van der Waals surface area contributed by atoms with Crippen LogP contribution >= 0.6 is 0 Å². The predicted octanol–water partition coefficient (Wildman–Crippen LogP) is 7.86. The van der Waals surface area contributed by atoms with Gasteiger partial charge in [0, 0.05) is 5.92 Å². The topological polar surface area (TPSA) is 0 Å². The summed E-state index contributed by atoms with van der Waals surface area (Å²) in [4.78, 5) is 0. The zero-order chi connectivity index (χ0) is 21.1. The van der Waals surface area contributed by atoms with Crippen LogP contribution in [0.25, 0.3) is 0 Å². The first-order valence-electron chi connectivity index (χ1n) is 11.1. The number of rotatable bonds is 6. The van der Waals surface area contributed by atoms with Crippen LogP contribution < -0.4 is 0 Å². The minimum absolute atomic E-state index is 0.254. The monoisotopic (exact) mass is 392 g/mol. The molecule has 0 saturated heterocycles. The molecule has 0 fully saturated rings. The number of hydrogen-bond donors (Lipinski definition) is 0. The highest BCUT2D eigenvalue weighted by molar-refractivity contribution is 5.57. The average Bonchev–Trinajstić information content (AvgIpc) is 3.18. The Morgan fingerprint density at radius 2 is 1.17 bits per heavy atom. The lowest BCUT2D eigenvalue weighted by molar-refractivity contribution is 0.526. The van der Waals surface area contributed by atoms with E-state index >= 15 is 0 Å². The van der Waals surface area contributed by atoms with Crippen LogP contribution in [0.5, 0.6) is 0 Å². The van der Waals surface area contributed by atoms with E-state index in [0.717, 1.165) is 6.42 Å². The first-order chi connectivity index (χ1) is 14.5. The summed E-state index contributed by atoms with van der Waals surface area (Å²) in [6.07, 6.45) is 9.60. The quantitative estimate of drug-likeness (QED) is 0.375. The van der Waals surface area contributed by atoms with Gasteiger partial charge in [0.2, 0.25) is 0 Å². The molecule has 3 aromatic carbocycles. The van der Waals surface area contributed by atoms with E-state index in [4.69, 9.17) is 0 Å². The molecular weight excluding hydrogens is 360 g/mol. The zero-order valence-electron chi connectivity index (χ0n) is 18.7. The standard InChI is InChI=1S/C30H32/c1-5-9-25-16-17-29(21-25)30(26-13-6-10-22(2)18-26,27-14-7-11-23(3)19-27)28-15-8-12-24(4)20-28/h6-8,10-21,29H,5,9H2,1-4H3. The van der Waals surface area contributed by atoms with E-state index in [-0.39, 0.29) is 11.3 Å². The molecule has 0 bridgehead atoms. The van der Waals surface area contributed by atoms with Gasteiger partial charge in [0.1, 0.15) is 0 Å². The summed E-state index contributed by atoms with van der Waals surface area (Å²) in [5.41, 5.74) is 9.20. The Hall–Kier alpha value is -2.86. The first-order valence-corrected chi connectivity index (χ1v) is 11.1. The Morgan fingerprint density at radius 1 is 0.700 bits per heavy atom. The lowest BCUT2D eigenvalue weighted by Crippen LogP contribution is -2.36. The summed E-state index contributed by atoms with van der Waals surface area (Å²) in [7, 11) is 0. The van der Waals surface area contributed by atoms with E-state index < -0.39 is 0 Å². The minimum atomic E-state index is -0.254. The molecule has 3 aromatic rings. The van der Waals surface area contributed by atoms with Crippen molar-refractivity contribution in [2.24, 2.45) is 5.92 Å². The van der Waals surface area contributed by atoms with Crippen molar-refractivity contribution in [3.05, 3.63) is 130 Å². The lowest BCUT2D eigenvalue weighted by atomic mass is 9.61. The maximum absolute atomic E-state index is 2.51. The molecule has 4 rings (SSSR count). The molecule has 0 spiro atoms. The number of aryl methyl sites for hydroxylation is 3. The second-order valence-corrected chi connectivity index (χ2v) is 8.79. The van der Waals surface area contributed by atoms with E-state index in [1.807, 2.05) is 0 Å². The van der Waals surface area contributed by atoms with Crippen molar-refractivity contribution >= 4 is 0 Å². The van der Waals surface area contributed by atoms with Crippen LogP contribution in [0.1, 0.15) is 53.1 Å². The van der Waals surface area contributed by atoms with Crippen LogP contribution in [-0.2, 0) is 5.41 Å².